The van der Waals surface area contributed by atoms with Crippen LogP contribution in [0.5, 0.6) is 17.4 Å². The van der Waals surface area contributed by atoms with E-state index < -0.39 is 11.9 Å². The molecule has 180 valence electrons. The summed E-state index contributed by atoms with van der Waals surface area (Å²) in [5.41, 5.74) is 6.28. The molecule has 1 saturated heterocycles. The van der Waals surface area contributed by atoms with E-state index in [1.165, 1.54) is 33.0 Å². The first kappa shape index (κ1) is 24.6. The number of hydrogen-bond acceptors (Lipinski definition) is 8. The standard InChI is InChI=1S/C22H31N5O5S/c1-30-16-9-7-8-15(18(16)31-2)14-32-20-17(19(23)28)21(33-26-20)25-22(29)24-10-3-4-11-27-12-5-6-13-27/h7-9H,3-6,10-14H2,1-2H3,(H2,23,28)(H2,24,25,29). The zero-order chi connectivity index (χ0) is 23.6. The van der Waals surface area contributed by atoms with Crippen LogP contribution in [0.2, 0.25) is 0 Å². The predicted octanol–water partition coefficient (Wildman–Crippen LogP) is 2.84. The molecule has 2 aromatic rings. The van der Waals surface area contributed by atoms with E-state index in [0.29, 0.717) is 23.6 Å². The number of urea groups is 1. The van der Waals surface area contributed by atoms with Gasteiger partial charge < -0.3 is 30.2 Å². The lowest BCUT2D eigenvalue weighted by atomic mass is 10.2. The van der Waals surface area contributed by atoms with Crippen molar-refractivity contribution >= 4 is 28.5 Å². The Hall–Kier alpha value is -3.05. The maximum absolute atomic E-state index is 12.3. The summed E-state index contributed by atoms with van der Waals surface area (Å²) in [6.45, 7) is 4.02. The largest absolute Gasteiger partial charge is 0.493 e. The van der Waals surface area contributed by atoms with Crippen LogP contribution in [0.3, 0.4) is 0 Å². The van der Waals surface area contributed by atoms with Crippen LogP contribution in [-0.2, 0) is 6.61 Å². The highest BCUT2D eigenvalue weighted by Gasteiger charge is 2.22. The van der Waals surface area contributed by atoms with Crippen LogP contribution in [-0.4, -0.2) is 61.6 Å². The Morgan fingerprint density at radius 3 is 2.67 bits per heavy atom. The number of para-hydroxylation sites is 1. The monoisotopic (exact) mass is 477 g/mol. The number of carbonyl (C=O) groups is 2. The number of nitrogens with zero attached hydrogens (tertiary/aromatic N) is 2. The summed E-state index contributed by atoms with van der Waals surface area (Å²) in [7, 11) is 3.08. The molecule has 1 fully saturated rings. The molecule has 0 aliphatic carbocycles. The molecule has 4 N–H and O–H groups in total. The summed E-state index contributed by atoms with van der Waals surface area (Å²) >= 11 is 0.936. The molecule has 3 rings (SSSR count). The van der Waals surface area contributed by atoms with Crippen LogP contribution in [0.1, 0.15) is 41.6 Å². The van der Waals surface area contributed by atoms with Gasteiger partial charge in [-0.2, -0.15) is 4.37 Å². The highest BCUT2D eigenvalue weighted by molar-refractivity contribution is 7.11. The quantitative estimate of drug-likeness (QED) is 0.401. The van der Waals surface area contributed by atoms with E-state index in [1.807, 2.05) is 6.07 Å². The molecular formula is C22H31N5O5S. The summed E-state index contributed by atoms with van der Waals surface area (Å²) < 4.78 is 20.6. The number of rotatable bonds is 12. The number of ether oxygens (including phenoxy) is 3. The Morgan fingerprint density at radius 2 is 1.97 bits per heavy atom. The van der Waals surface area contributed by atoms with Crippen LogP contribution < -0.4 is 30.6 Å². The molecule has 10 nitrogen and oxygen atoms in total. The van der Waals surface area contributed by atoms with Gasteiger partial charge in [0.15, 0.2) is 11.5 Å². The fourth-order valence-electron chi connectivity index (χ4n) is 3.71. The molecule has 0 radical (unpaired) electrons. The molecule has 1 aromatic carbocycles. The first-order chi connectivity index (χ1) is 16.0. The maximum Gasteiger partial charge on any atom is 0.319 e. The van der Waals surface area contributed by atoms with Crippen molar-refractivity contribution in [3.05, 3.63) is 29.3 Å². The number of amides is 3. The van der Waals surface area contributed by atoms with E-state index in [-0.39, 0.29) is 23.1 Å². The molecule has 1 aliphatic rings. The van der Waals surface area contributed by atoms with Crippen molar-refractivity contribution in [1.29, 1.82) is 0 Å². The zero-order valence-corrected chi connectivity index (χ0v) is 19.8. The number of benzene rings is 1. The summed E-state index contributed by atoms with van der Waals surface area (Å²) in [5, 5.41) is 5.70. The van der Waals surface area contributed by atoms with Gasteiger partial charge in [0.05, 0.1) is 14.2 Å². The minimum atomic E-state index is -0.739. The number of nitrogens with one attached hydrogen (secondary N) is 2. The topological polar surface area (TPSA) is 128 Å². The highest BCUT2D eigenvalue weighted by Crippen LogP contribution is 2.34. The number of anilines is 1. The average Bonchev–Trinajstić information content (AvgIpc) is 3.47. The van der Waals surface area contributed by atoms with Gasteiger partial charge in [0.25, 0.3) is 5.91 Å². The van der Waals surface area contributed by atoms with Gasteiger partial charge in [-0.1, -0.05) is 12.1 Å². The van der Waals surface area contributed by atoms with E-state index in [4.69, 9.17) is 19.9 Å². The summed E-state index contributed by atoms with van der Waals surface area (Å²) in [4.78, 5) is 26.7. The second-order valence-electron chi connectivity index (χ2n) is 7.63. The maximum atomic E-state index is 12.3. The fraction of sp³-hybridized carbons (Fsp3) is 0.500. The Bertz CT molecular complexity index is 945. The van der Waals surface area contributed by atoms with Crippen molar-refractivity contribution in [3.8, 4) is 17.4 Å². The molecular weight excluding hydrogens is 446 g/mol. The van der Waals surface area contributed by atoms with Crippen LogP contribution in [0.15, 0.2) is 18.2 Å². The third kappa shape index (κ3) is 6.72. The predicted molar refractivity (Wildman–Crippen MR) is 126 cm³/mol. The van der Waals surface area contributed by atoms with Crippen molar-refractivity contribution in [2.24, 2.45) is 5.73 Å². The van der Waals surface area contributed by atoms with E-state index in [1.54, 1.807) is 19.2 Å². The smallest absolute Gasteiger partial charge is 0.319 e. The second-order valence-corrected chi connectivity index (χ2v) is 8.41. The van der Waals surface area contributed by atoms with Gasteiger partial charge in [0.1, 0.15) is 17.2 Å². The Labute approximate surface area is 197 Å². The van der Waals surface area contributed by atoms with E-state index in [0.717, 1.165) is 30.9 Å². The zero-order valence-electron chi connectivity index (χ0n) is 19.0. The molecule has 0 atom stereocenters. The molecule has 33 heavy (non-hydrogen) atoms. The second kappa shape index (κ2) is 12.3. The Kier molecular flexibility index (Phi) is 9.14. The van der Waals surface area contributed by atoms with Gasteiger partial charge in [0, 0.05) is 12.1 Å². The lowest BCUT2D eigenvalue weighted by Gasteiger charge is -2.14. The third-order valence-corrected chi connectivity index (χ3v) is 6.11. The molecule has 3 amide bonds. The average molecular weight is 478 g/mol. The van der Waals surface area contributed by atoms with Gasteiger partial charge in [-0.3, -0.25) is 10.1 Å². The normalized spacial score (nSPS) is 13.5. The Balaban J connectivity index is 1.53. The number of hydrogen-bond donors (Lipinski definition) is 3. The summed E-state index contributed by atoms with van der Waals surface area (Å²) in [6, 6.07) is 4.97. The number of nitrogens with two attached hydrogens (primary N) is 1. The third-order valence-electron chi connectivity index (χ3n) is 5.37. The van der Waals surface area contributed by atoms with Gasteiger partial charge in [-0.05, 0) is 62.9 Å². The van der Waals surface area contributed by atoms with Crippen molar-refractivity contribution < 1.29 is 23.8 Å². The van der Waals surface area contributed by atoms with Gasteiger partial charge >= 0.3 is 6.03 Å². The first-order valence-corrected chi connectivity index (χ1v) is 11.7. The number of likely N-dealkylation sites (tertiary alicyclic amines) is 1. The molecule has 1 aromatic heterocycles. The van der Waals surface area contributed by atoms with Gasteiger partial charge in [0.2, 0.25) is 5.88 Å². The number of unbranched alkanes of at least 4 members (excludes halogenated alkanes) is 1. The van der Waals surface area contributed by atoms with Crippen molar-refractivity contribution in [3.63, 3.8) is 0 Å². The van der Waals surface area contributed by atoms with E-state index in [2.05, 4.69) is 19.9 Å². The molecule has 1 aliphatic heterocycles. The lowest BCUT2D eigenvalue weighted by Crippen LogP contribution is -2.30. The summed E-state index contributed by atoms with van der Waals surface area (Å²) in [6.07, 6.45) is 4.46. The summed E-state index contributed by atoms with van der Waals surface area (Å²) in [5.74, 6) is 0.403. The first-order valence-electron chi connectivity index (χ1n) is 10.9. The van der Waals surface area contributed by atoms with Crippen LogP contribution in [0, 0.1) is 0 Å². The highest BCUT2D eigenvalue weighted by atomic mass is 32.1. The number of primary amides is 1. The van der Waals surface area contributed by atoms with Crippen molar-refractivity contribution in [1.82, 2.24) is 14.6 Å². The number of carbonyl (C=O) groups excluding carboxylic acids is 2. The van der Waals surface area contributed by atoms with E-state index >= 15 is 0 Å². The van der Waals surface area contributed by atoms with Crippen LogP contribution in [0.4, 0.5) is 9.80 Å². The van der Waals surface area contributed by atoms with Gasteiger partial charge in [-0.25, -0.2) is 4.79 Å². The molecule has 0 unspecified atom stereocenters. The lowest BCUT2D eigenvalue weighted by molar-refractivity contribution is 0.0996. The van der Waals surface area contributed by atoms with Crippen molar-refractivity contribution in [2.45, 2.75) is 32.3 Å². The van der Waals surface area contributed by atoms with Crippen LogP contribution in [0.25, 0.3) is 0 Å². The van der Waals surface area contributed by atoms with Crippen molar-refractivity contribution in [2.75, 3.05) is 45.7 Å². The fourth-order valence-corrected chi connectivity index (χ4v) is 4.44. The molecule has 0 spiro atoms. The molecule has 11 heteroatoms. The van der Waals surface area contributed by atoms with Gasteiger partial charge in [-0.15, -0.1) is 0 Å². The molecule has 0 bridgehead atoms. The number of methoxy groups -OCH3 is 2. The number of aromatic nitrogens is 1. The Morgan fingerprint density at radius 1 is 1.18 bits per heavy atom. The minimum absolute atomic E-state index is 0.0334. The van der Waals surface area contributed by atoms with Crippen LogP contribution >= 0.6 is 11.5 Å². The molecule has 2 heterocycles. The SMILES string of the molecule is COc1cccc(COc2nsc(NC(=O)NCCCCN3CCCC3)c2C(N)=O)c1OC. The molecule has 0 saturated carbocycles. The minimum Gasteiger partial charge on any atom is -0.493 e. The van der Waals surface area contributed by atoms with E-state index in [9.17, 15) is 9.59 Å².